The number of rotatable bonds is 8. The van der Waals surface area contributed by atoms with Crippen LogP contribution in [0.15, 0.2) is 75.7 Å². The van der Waals surface area contributed by atoms with Crippen LogP contribution >= 0.6 is 35.6 Å². The minimum absolute atomic E-state index is 0.000724. The van der Waals surface area contributed by atoms with Crippen molar-refractivity contribution in [1.82, 2.24) is 35.7 Å². The third-order valence-electron chi connectivity index (χ3n) is 7.38. The van der Waals surface area contributed by atoms with Crippen molar-refractivity contribution in [2.24, 2.45) is 0 Å². The number of halogens is 1. The number of benzene rings is 1. The number of carbonyl (C=O) groups excluding carboxylic acids is 3. The maximum absolute atomic E-state index is 13.7. The van der Waals surface area contributed by atoms with Crippen LogP contribution in [0.3, 0.4) is 0 Å². The van der Waals surface area contributed by atoms with E-state index in [1.54, 1.807) is 12.1 Å². The molecule has 1 saturated heterocycles. The van der Waals surface area contributed by atoms with Gasteiger partial charge in [-0.3, -0.25) is 33.9 Å². The van der Waals surface area contributed by atoms with Crippen molar-refractivity contribution in [1.29, 1.82) is 0 Å². The number of nitrogens with one attached hydrogen (secondary N) is 4. The number of nitrogens with zero attached hydrogens (tertiary/aromatic N) is 3. The lowest BCUT2D eigenvalue weighted by molar-refractivity contribution is -0.150. The van der Waals surface area contributed by atoms with E-state index in [0.29, 0.717) is 5.52 Å². The zero-order valence-electron chi connectivity index (χ0n) is 23.5. The topological polar surface area (TPSA) is 228 Å². The SMILES string of the molecule is O=C(O)C1=C(C(=S)c2ccc(=O)[nH]n2)CS[C@H]2C(NC(=O)C(NC(=O)c3c[nH]c4cccnc4c3=O)c3ccc(O)c(Cl)c3)C(=O)N12. The Morgan fingerprint density at radius 2 is 1.94 bits per heavy atom. The van der Waals surface area contributed by atoms with Crippen molar-refractivity contribution >= 4 is 75.2 Å². The van der Waals surface area contributed by atoms with Crippen LogP contribution in [0.5, 0.6) is 5.75 Å². The molecule has 3 amide bonds. The number of aromatic amines is 2. The minimum atomic E-state index is -1.51. The first kappa shape index (κ1) is 31.6. The molecule has 4 aromatic rings. The number of fused-ring (bicyclic) bond motifs is 2. The van der Waals surface area contributed by atoms with E-state index < -0.39 is 52.1 Å². The summed E-state index contributed by atoms with van der Waals surface area (Å²) >= 11 is 12.7. The van der Waals surface area contributed by atoms with Gasteiger partial charge in [-0.1, -0.05) is 29.9 Å². The summed E-state index contributed by atoms with van der Waals surface area (Å²) in [5, 5.41) is 30.1. The molecule has 1 fully saturated rings. The average molecular weight is 694 g/mol. The Morgan fingerprint density at radius 3 is 2.64 bits per heavy atom. The first-order chi connectivity index (χ1) is 22.5. The van der Waals surface area contributed by atoms with Gasteiger partial charge >= 0.3 is 5.97 Å². The summed E-state index contributed by atoms with van der Waals surface area (Å²) in [4.78, 5) is 85.1. The van der Waals surface area contributed by atoms with Crippen molar-refractivity contribution in [2.75, 3.05) is 5.75 Å². The van der Waals surface area contributed by atoms with Crippen molar-refractivity contribution in [2.45, 2.75) is 17.5 Å². The zero-order chi connectivity index (χ0) is 33.6. The summed E-state index contributed by atoms with van der Waals surface area (Å²) in [6.07, 6.45) is 2.56. The number of hydrogen-bond acceptors (Lipinski definition) is 11. The van der Waals surface area contributed by atoms with Gasteiger partial charge in [-0.25, -0.2) is 9.89 Å². The normalized spacial score (nSPS) is 17.8. The zero-order valence-corrected chi connectivity index (χ0v) is 25.9. The van der Waals surface area contributed by atoms with Crippen LogP contribution in [0.2, 0.25) is 5.02 Å². The number of phenols is 1. The average Bonchev–Trinajstić information content (AvgIpc) is 3.06. The van der Waals surface area contributed by atoms with Crippen molar-refractivity contribution in [3.63, 3.8) is 0 Å². The van der Waals surface area contributed by atoms with Crippen molar-refractivity contribution < 1.29 is 29.4 Å². The highest BCUT2D eigenvalue weighted by Gasteiger charge is 2.55. The summed E-state index contributed by atoms with van der Waals surface area (Å²) in [6.45, 7) is 0. The van der Waals surface area contributed by atoms with Crippen LogP contribution in [0.4, 0.5) is 0 Å². The fraction of sp³-hybridized carbons (Fsp3) is 0.138. The maximum Gasteiger partial charge on any atom is 0.353 e. The highest BCUT2D eigenvalue weighted by atomic mass is 35.5. The summed E-state index contributed by atoms with van der Waals surface area (Å²) in [6, 6.07) is 6.76. The lowest BCUT2D eigenvalue weighted by atomic mass is 9.99. The molecular weight excluding hydrogens is 674 g/mol. The molecular formula is C29H20ClN7O8S2. The fourth-order valence-electron chi connectivity index (χ4n) is 5.08. The van der Waals surface area contributed by atoms with Crippen LogP contribution in [0, 0.1) is 0 Å². The monoisotopic (exact) mass is 693 g/mol. The predicted molar refractivity (Wildman–Crippen MR) is 172 cm³/mol. The predicted octanol–water partition coefficient (Wildman–Crippen LogP) is 0.993. The Labute approximate surface area is 277 Å². The van der Waals surface area contributed by atoms with E-state index in [1.165, 1.54) is 42.7 Å². The highest BCUT2D eigenvalue weighted by Crippen LogP contribution is 2.41. The van der Waals surface area contributed by atoms with Gasteiger partial charge in [-0.15, -0.1) is 11.8 Å². The van der Waals surface area contributed by atoms with E-state index in [0.717, 1.165) is 16.7 Å². The van der Waals surface area contributed by atoms with Crippen molar-refractivity contribution in [3.8, 4) is 5.75 Å². The van der Waals surface area contributed by atoms with Gasteiger partial charge < -0.3 is 25.8 Å². The molecule has 0 aliphatic carbocycles. The van der Waals surface area contributed by atoms with Gasteiger partial charge in [0.15, 0.2) is 0 Å². The molecule has 15 nitrogen and oxygen atoms in total. The molecule has 1 aromatic carbocycles. The number of phenolic OH excluding ortho intramolecular Hbond substituents is 1. The lowest BCUT2D eigenvalue weighted by Gasteiger charge is -2.49. The number of amides is 3. The lowest BCUT2D eigenvalue weighted by Crippen LogP contribution is -2.71. The number of β-lactam (4-membered cyclic amide) rings is 1. The summed E-state index contributed by atoms with van der Waals surface area (Å²) in [5.74, 6) is -4.27. The molecule has 0 saturated carbocycles. The third-order valence-corrected chi connectivity index (χ3v) is 9.42. The van der Waals surface area contributed by atoms with E-state index in [-0.39, 0.29) is 55.0 Å². The van der Waals surface area contributed by atoms with Gasteiger partial charge in [0.1, 0.15) is 45.7 Å². The molecule has 6 N–H and O–H groups in total. The number of thioether (sulfide) groups is 1. The van der Waals surface area contributed by atoms with Gasteiger partial charge in [0, 0.05) is 29.8 Å². The largest absolute Gasteiger partial charge is 0.506 e. The second kappa shape index (κ2) is 12.4. The number of aliphatic carboxylic acids is 1. The molecule has 238 valence electrons. The van der Waals surface area contributed by atoms with E-state index >= 15 is 0 Å². The van der Waals surface area contributed by atoms with Crippen LogP contribution in [-0.4, -0.2) is 81.0 Å². The van der Waals surface area contributed by atoms with E-state index in [1.807, 2.05) is 0 Å². The molecule has 3 atom stereocenters. The number of pyridine rings is 2. The third kappa shape index (κ3) is 5.75. The van der Waals surface area contributed by atoms with E-state index in [2.05, 4.69) is 30.8 Å². The second-order valence-electron chi connectivity index (χ2n) is 10.2. The molecule has 2 aliphatic rings. The molecule has 3 aromatic heterocycles. The Kier molecular flexibility index (Phi) is 8.35. The molecule has 5 heterocycles. The molecule has 2 aliphatic heterocycles. The number of aromatic nitrogens is 4. The molecule has 47 heavy (non-hydrogen) atoms. The van der Waals surface area contributed by atoms with E-state index in [9.17, 15) is 39.0 Å². The van der Waals surface area contributed by atoms with Crippen molar-refractivity contribution in [3.05, 3.63) is 109 Å². The molecule has 6 rings (SSSR count). The molecule has 18 heteroatoms. The Morgan fingerprint density at radius 1 is 1.15 bits per heavy atom. The first-order valence-corrected chi connectivity index (χ1v) is 15.4. The summed E-state index contributed by atoms with van der Waals surface area (Å²) in [5.41, 5.74) is -1.14. The van der Waals surface area contributed by atoms with E-state index in [4.69, 9.17) is 23.8 Å². The molecule has 0 bridgehead atoms. The number of H-pyrrole nitrogens is 2. The Balaban J connectivity index is 1.27. The van der Waals surface area contributed by atoms with Crippen LogP contribution < -0.4 is 21.6 Å². The number of carbonyl (C=O) groups is 4. The standard InChI is InChI=1S/C29H20ClN7O8S2/c30-14-8-11(3-5-17(14)38)19(33-25(41)12-9-32-15-2-1-7-31-20(15)23(12)40)26(42)34-21-27(43)37-22(29(44)45)13(10-47-28(21)37)24(46)16-4-6-18(39)36-35-16/h1-9,19,21,28,38H,10H2,(H,32,40)(H,33,41)(H,34,42)(H,36,39)(H,44,45)/t19?,21?,28-/m0/s1. The summed E-state index contributed by atoms with van der Waals surface area (Å²) in [7, 11) is 0. The second-order valence-corrected chi connectivity index (χ2v) is 12.1. The quantitative estimate of drug-likeness (QED) is 0.0863. The summed E-state index contributed by atoms with van der Waals surface area (Å²) < 4.78 is 0. The minimum Gasteiger partial charge on any atom is -0.506 e. The molecule has 0 spiro atoms. The highest BCUT2D eigenvalue weighted by molar-refractivity contribution is 8.00. The van der Waals surface area contributed by atoms with Crippen LogP contribution in [0.25, 0.3) is 11.0 Å². The van der Waals surface area contributed by atoms with Crippen LogP contribution in [0.1, 0.15) is 27.7 Å². The van der Waals surface area contributed by atoms with Gasteiger partial charge in [-0.2, -0.15) is 5.10 Å². The molecule has 0 radical (unpaired) electrons. The Bertz CT molecular complexity index is 2170. The maximum atomic E-state index is 13.7. The fourth-order valence-corrected chi connectivity index (χ4v) is 7.00. The number of hydrogen-bond donors (Lipinski definition) is 6. The number of carboxylic acids is 1. The Hall–Kier alpha value is -5.39. The van der Waals surface area contributed by atoms with Crippen LogP contribution in [-0.2, 0) is 14.4 Å². The van der Waals surface area contributed by atoms with Gasteiger partial charge in [0.2, 0.25) is 11.3 Å². The van der Waals surface area contributed by atoms with Gasteiger partial charge in [-0.05, 0) is 35.9 Å². The number of thiocarbonyl (C=S) groups is 1. The smallest absolute Gasteiger partial charge is 0.353 e. The number of carboxylic acid groups (broad SMARTS) is 1. The van der Waals surface area contributed by atoms with Gasteiger partial charge in [0.05, 0.1) is 15.4 Å². The van der Waals surface area contributed by atoms with Gasteiger partial charge in [0.25, 0.3) is 17.4 Å². The first-order valence-electron chi connectivity index (χ1n) is 13.5. The molecule has 2 unspecified atom stereocenters. The number of aromatic hydroxyl groups is 1.